The number of rotatable bonds is 9. The average molecular weight is 621 g/mol. The van der Waals surface area contributed by atoms with Crippen molar-refractivity contribution in [2.24, 2.45) is 0 Å². The van der Waals surface area contributed by atoms with E-state index in [4.69, 9.17) is 15.8 Å². The molecule has 0 spiro atoms. The Labute approximate surface area is 224 Å². The summed E-state index contributed by atoms with van der Waals surface area (Å²) < 4.78 is 60.3. The second-order valence-corrected chi connectivity index (χ2v) is 11.0. The second-order valence-electron chi connectivity index (χ2n) is 8.26. The minimum atomic E-state index is -4.16. The number of aliphatic hydroxyl groups is 1. The first-order valence-corrected chi connectivity index (χ1v) is 13.4. The van der Waals surface area contributed by atoms with Gasteiger partial charge in [0.05, 0.1) is 16.1 Å². The second kappa shape index (κ2) is 11.1. The minimum Gasteiger partial charge on any atom is -0.387 e. The molecule has 1 fully saturated rings. The van der Waals surface area contributed by atoms with E-state index in [2.05, 4.69) is 31.2 Å². The number of hydrogen-bond acceptors (Lipinski definition) is 8. The largest absolute Gasteiger partial charge is 0.387 e. The molecule has 0 bridgehead atoms. The summed E-state index contributed by atoms with van der Waals surface area (Å²) in [6, 6.07) is 4.85. The van der Waals surface area contributed by atoms with Crippen LogP contribution in [0.2, 0.25) is 5.15 Å². The lowest BCUT2D eigenvalue weighted by Crippen LogP contribution is -2.35. The minimum absolute atomic E-state index is 0.00903. The maximum absolute atomic E-state index is 14.8. The quantitative estimate of drug-likeness (QED) is 0.311. The molecule has 0 radical (unpaired) electrons. The fraction of sp³-hybridized carbons (Fsp3) is 0.318. The van der Waals surface area contributed by atoms with Crippen LogP contribution in [0.15, 0.2) is 47.5 Å². The van der Waals surface area contributed by atoms with Crippen molar-refractivity contribution in [3.63, 3.8) is 0 Å². The highest BCUT2D eigenvalue weighted by atomic mass is 79.9. The number of carbonyl (C=O) groups is 1. The number of aliphatic hydroxyl groups excluding tert-OH is 1. The van der Waals surface area contributed by atoms with Crippen molar-refractivity contribution in [2.45, 2.75) is 37.4 Å². The molecule has 3 aromatic rings. The highest BCUT2D eigenvalue weighted by Crippen LogP contribution is 2.31. The number of carbonyl (C=O) groups excluding carboxylic acids is 1. The van der Waals surface area contributed by atoms with Gasteiger partial charge in [-0.3, -0.25) is 8.98 Å². The van der Waals surface area contributed by atoms with Crippen molar-refractivity contribution in [1.29, 1.82) is 0 Å². The van der Waals surface area contributed by atoms with Gasteiger partial charge >= 0.3 is 10.3 Å². The zero-order valence-electron chi connectivity index (χ0n) is 19.1. The van der Waals surface area contributed by atoms with Crippen LogP contribution in [0.1, 0.15) is 27.9 Å². The third-order valence-corrected chi connectivity index (χ3v) is 7.73. The topological polar surface area (TPSA) is 135 Å². The molecule has 198 valence electrons. The normalized spacial score (nSPS) is 21.8. The van der Waals surface area contributed by atoms with Crippen LogP contribution in [-0.2, 0) is 21.0 Å². The van der Waals surface area contributed by atoms with Crippen LogP contribution >= 0.6 is 27.5 Å². The third kappa shape index (κ3) is 6.16. The highest BCUT2D eigenvalue weighted by Gasteiger charge is 2.46. The predicted molar refractivity (Wildman–Crippen MR) is 134 cm³/mol. The van der Waals surface area contributed by atoms with Gasteiger partial charge in [0.1, 0.15) is 41.5 Å². The smallest absolute Gasteiger partial charge is 0.335 e. The molecule has 0 unspecified atom stereocenters. The number of alkyl halides is 1. The van der Waals surface area contributed by atoms with Gasteiger partial charge in [0.25, 0.3) is 0 Å². The molecule has 3 N–H and O–H groups in total. The molecule has 1 aliphatic rings. The van der Waals surface area contributed by atoms with Crippen molar-refractivity contribution in [3.8, 4) is 0 Å². The van der Waals surface area contributed by atoms with E-state index in [0.717, 1.165) is 18.9 Å². The van der Waals surface area contributed by atoms with E-state index in [1.165, 1.54) is 24.5 Å². The molecule has 2 heterocycles. The number of aromatic nitrogens is 3. The Morgan fingerprint density at radius 2 is 2.14 bits per heavy atom. The van der Waals surface area contributed by atoms with E-state index < -0.39 is 46.3 Å². The monoisotopic (exact) mass is 619 g/mol. The molecule has 1 aromatic carbocycles. The van der Waals surface area contributed by atoms with Gasteiger partial charge in [0, 0.05) is 38.0 Å². The third-order valence-electron chi connectivity index (χ3n) is 5.80. The molecule has 4 atom stereocenters. The van der Waals surface area contributed by atoms with Crippen molar-refractivity contribution < 1.29 is 31.3 Å². The standard InChI is InChI=1S/C22H21BrClF2N5O5S/c1-27-37(34,35)36-17-6-16(19(26)21(17)33)30-22-13(7-28-10-29-22)20(32)12-5-18(24)31(9-12)8-11-2-3-15(25)14(23)4-11/h2-5,7,9-10,16-17,19,21,27,33H,6,8H2,1H3,(H,28,29,30)/t16-,17-,19-,21-/m1/s1. The lowest BCUT2D eigenvalue weighted by Gasteiger charge is -2.17. The molecule has 0 saturated heterocycles. The molecule has 2 aromatic heterocycles. The summed E-state index contributed by atoms with van der Waals surface area (Å²) in [7, 11) is -3.04. The van der Waals surface area contributed by atoms with Crippen LogP contribution in [0.3, 0.4) is 0 Å². The number of nitrogens with zero attached hydrogens (tertiary/aromatic N) is 3. The summed E-state index contributed by atoms with van der Waals surface area (Å²) in [5.41, 5.74) is 0.948. The van der Waals surface area contributed by atoms with E-state index in [1.54, 1.807) is 16.7 Å². The van der Waals surface area contributed by atoms with E-state index in [9.17, 15) is 27.1 Å². The molecule has 10 nitrogen and oxygen atoms in total. The Morgan fingerprint density at radius 1 is 1.38 bits per heavy atom. The van der Waals surface area contributed by atoms with Gasteiger partial charge in [-0.25, -0.2) is 18.7 Å². The first-order chi connectivity index (χ1) is 17.5. The summed E-state index contributed by atoms with van der Waals surface area (Å²) in [6.45, 7) is 0.266. The van der Waals surface area contributed by atoms with E-state index in [-0.39, 0.29) is 35.1 Å². The fourth-order valence-electron chi connectivity index (χ4n) is 3.91. The predicted octanol–water partition coefficient (Wildman–Crippen LogP) is 2.85. The Bertz CT molecular complexity index is 1430. The van der Waals surface area contributed by atoms with E-state index in [1.807, 2.05) is 4.72 Å². The first kappa shape index (κ1) is 27.5. The van der Waals surface area contributed by atoms with Gasteiger partial charge in [-0.1, -0.05) is 17.7 Å². The van der Waals surface area contributed by atoms with Crippen LogP contribution in [0.4, 0.5) is 14.6 Å². The molecule has 4 rings (SSSR count). The number of benzene rings is 1. The van der Waals surface area contributed by atoms with Crippen molar-refractivity contribution in [1.82, 2.24) is 19.3 Å². The molecule has 0 amide bonds. The van der Waals surface area contributed by atoms with Crippen LogP contribution in [0.25, 0.3) is 0 Å². The molecule has 1 saturated carbocycles. The first-order valence-electron chi connectivity index (χ1n) is 10.8. The average Bonchev–Trinajstić information content (AvgIpc) is 3.35. The van der Waals surface area contributed by atoms with Crippen molar-refractivity contribution >= 4 is 49.4 Å². The molecular formula is C22H21BrClF2N5O5S. The zero-order valence-corrected chi connectivity index (χ0v) is 22.3. The number of ketones is 1. The molecular weight excluding hydrogens is 600 g/mol. The Hall–Kier alpha value is -2.49. The van der Waals surface area contributed by atoms with Gasteiger partial charge in [0.15, 0.2) is 5.78 Å². The van der Waals surface area contributed by atoms with Crippen LogP contribution in [0.5, 0.6) is 0 Å². The number of nitrogens with one attached hydrogen (secondary N) is 2. The van der Waals surface area contributed by atoms with Gasteiger partial charge in [-0.15, -0.1) is 0 Å². The summed E-state index contributed by atoms with van der Waals surface area (Å²) in [5.74, 6) is -0.930. The Kier molecular flexibility index (Phi) is 8.26. The van der Waals surface area contributed by atoms with E-state index >= 15 is 0 Å². The number of anilines is 1. The van der Waals surface area contributed by atoms with Gasteiger partial charge in [0.2, 0.25) is 0 Å². The number of hydrogen-bond donors (Lipinski definition) is 3. The lowest BCUT2D eigenvalue weighted by atomic mass is 10.1. The summed E-state index contributed by atoms with van der Waals surface area (Å²) in [6.07, 6.45) is -1.26. The summed E-state index contributed by atoms with van der Waals surface area (Å²) in [4.78, 5) is 21.2. The van der Waals surface area contributed by atoms with Gasteiger partial charge in [-0.2, -0.15) is 13.1 Å². The van der Waals surface area contributed by atoms with Gasteiger partial charge < -0.3 is 15.0 Å². The van der Waals surface area contributed by atoms with Gasteiger partial charge in [-0.05, 0) is 39.7 Å². The van der Waals surface area contributed by atoms with Crippen LogP contribution in [-0.4, -0.2) is 65.3 Å². The maximum Gasteiger partial charge on any atom is 0.335 e. The van der Waals surface area contributed by atoms with E-state index in [0.29, 0.717) is 4.47 Å². The van der Waals surface area contributed by atoms with Crippen LogP contribution in [0, 0.1) is 5.82 Å². The molecule has 15 heteroatoms. The van der Waals surface area contributed by atoms with Crippen LogP contribution < -0.4 is 10.0 Å². The molecule has 1 aliphatic carbocycles. The maximum atomic E-state index is 14.8. The van der Waals surface area contributed by atoms with Crippen molar-refractivity contribution in [3.05, 3.63) is 75.1 Å². The Balaban J connectivity index is 1.53. The zero-order chi connectivity index (χ0) is 26.9. The highest BCUT2D eigenvalue weighted by molar-refractivity contribution is 9.10. The number of halogens is 4. The lowest BCUT2D eigenvalue weighted by molar-refractivity contribution is 0.0248. The fourth-order valence-corrected chi connectivity index (χ4v) is 5.17. The Morgan fingerprint density at radius 3 is 2.84 bits per heavy atom. The summed E-state index contributed by atoms with van der Waals surface area (Å²) >= 11 is 9.46. The molecule has 37 heavy (non-hydrogen) atoms. The van der Waals surface area contributed by atoms with Crippen molar-refractivity contribution in [2.75, 3.05) is 12.4 Å². The molecule has 0 aliphatic heterocycles. The summed E-state index contributed by atoms with van der Waals surface area (Å²) in [5, 5.41) is 13.2. The SMILES string of the molecule is CNS(=O)(=O)O[C@@H]1C[C@@H](Nc2ncncc2C(=O)c2cc(Cl)n(Cc3ccc(F)c(Br)c3)c2)[C@@H](F)[C@@H]1O.